The highest BCUT2D eigenvalue weighted by atomic mass is 16.5. The van der Waals surface area contributed by atoms with E-state index in [0.717, 1.165) is 11.1 Å². The molecular weight excluding hydrogens is 218 g/mol. The van der Waals surface area contributed by atoms with Crippen molar-refractivity contribution in [1.29, 1.82) is 0 Å². The quantitative estimate of drug-likeness (QED) is 0.818. The predicted molar refractivity (Wildman–Crippen MR) is 65.7 cm³/mol. The standard InChI is InChI=1S/C13H19NO3/c1-4-11(13(14)16)17-12-6-5-10(9(3)15)7-8(12)2/h5-7,9,11,15H,4H2,1-3H3,(H2,14,16). The van der Waals surface area contributed by atoms with Crippen LogP contribution in [0.25, 0.3) is 0 Å². The van der Waals surface area contributed by atoms with Gasteiger partial charge in [0.2, 0.25) is 0 Å². The molecule has 0 heterocycles. The Morgan fingerprint density at radius 3 is 2.59 bits per heavy atom. The monoisotopic (exact) mass is 237 g/mol. The van der Waals surface area contributed by atoms with Crippen molar-refractivity contribution in [2.45, 2.75) is 39.4 Å². The molecule has 0 fully saturated rings. The van der Waals surface area contributed by atoms with Crippen molar-refractivity contribution in [3.8, 4) is 5.75 Å². The highest BCUT2D eigenvalue weighted by molar-refractivity contribution is 5.79. The minimum Gasteiger partial charge on any atom is -0.480 e. The summed E-state index contributed by atoms with van der Waals surface area (Å²) in [6.45, 7) is 5.41. The highest BCUT2D eigenvalue weighted by Crippen LogP contribution is 2.23. The summed E-state index contributed by atoms with van der Waals surface area (Å²) in [7, 11) is 0. The van der Waals surface area contributed by atoms with Crippen LogP contribution < -0.4 is 10.5 Å². The third-order valence-electron chi connectivity index (χ3n) is 2.64. The van der Waals surface area contributed by atoms with Gasteiger partial charge in [-0.3, -0.25) is 4.79 Å². The number of carbonyl (C=O) groups excluding carboxylic acids is 1. The smallest absolute Gasteiger partial charge is 0.258 e. The second-order valence-electron chi connectivity index (χ2n) is 4.12. The third kappa shape index (κ3) is 3.46. The number of aryl methyl sites for hydroxylation is 1. The van der Waals surface area contributed by atoms with Crippen LogP contribution in [0.4, 0.5) is 0 Å². The van der Waals surface area contributed by atoms with E-state index in [9.17, 15) is 9.90 Å². The third-order valence-corrected chi connectivity index (χ3v) is 2.64. The zero-order chi connectivity index (χ0) is 13.0. The molecule has 1 rings (SSSR count). The fourth-order valence-electron chi connectivity index (χ4n) is 1.56. The molecule has 0 bridgehead atoms. The maximum atomic E-state index is 11.1. The van der Waals surface area contributed by atoms with E-state index >= 15 is 0 Å². The first-order valence-corrected chi connectivity index (χ1v) is 5.70. The van der Waals surface area contributed by atoms with E-state index < -0.39 is 18.1 Å². The van der Waals surface area contributed by atoms with Crippen LogP contribution in [-0.4, -0.2) is 17.1 Å². The van der Waals surface area contributed by atoms with Crippen LogP contribution in [0.2, 0.25) is 0 Å². The van der Waals surface area contributed by atoms with E-state index in [0.29, 0.717) is 12.2 Å². The Balaban J connectivity index is 2.89. The Labute approximate surface area is 101 Å². The number of hydrogen-bond donors (Lipinski definition) is 2. The number of benzene rings is 1. The molecule has 1 aromatic carbocycles. The molecule has 17 heavy (non-hydrogen) atoms. The van der Waals surface area contributed by atoms with Gasteiger partial charge in [0.1, 0.15) is 5.75 Å². The molecule has 2 atom stereocenters. The number of aliphatic hydroxyl groups is 1. The fraction of sp³-hybridized carbons (Fsp3) is 0.462. The minimum atomic E-state index is -0.605. The summed E-state index contributed by atoms with van der Waals surface area (Å²) in [6, 6.07) is 5.37. The zero-order valence-electron chi connectivity index (χ0n) is 10.4. The lowest BCUT2D eigenvalue weighted by atomic mass is 10.1. The van der Waals surface area contributed by atoms with Crippen LogP contribution in [0.1, 0.15) is 37.5 Å². The summed E-state index contributed by atoms with van der Waals surface area (Å²) in [5.74, 6) is 0.159. The van der Waals surface area contributed by atoms with Gasteiger partial charge in [-0.1, -0.05) is 13.0 Å². The molecule has 94 valence electrons. The summed E-state index contributed by atoms with van der Waals surface area (Å²) in [6.07, 6.45) is -0.584. The maximum absolute atomic E-state index is 11.1. The van der Waals surface area contributed by atoms with Crippen LogP contribution in [-0.2, 0) is 4.79 Å². The van der Waals surface area contributed by atoms with Crippen molar-refractivity contribution in [2.24, 2.45) is 5.73 Å². The molecular formula is C13H19NO3. The van der Waals surface area contributed by atoms with Gasteiger partial charge in [-0.05, 0) is 43.5 Å². The summed E-state index contributed by atoms with van der Waals surface area (Å²) >= 11 is 0. The molecule has 0 spiro atoms. The van der Waals surface area contributed by atoms with Crippen molar-refractivity contribution < 1.29 is 14.6 Å². The van der Waals surface area contributed by atoms with E-state index in [1.54, 1.807) is 19.1 Å². The van der Waals surface area contributed by atoms with Gasteiger partial charge in [-0.15, -0.1) is 0 Å². The van der Waals surface area contributed by atoms with Crippen LogP contribution in [0, 0.1) is 6.92 Å². The molecule has 0 radical (unpaired) electrons. The number of amides is 1. The van der Waals surface area contributed by atoms with Crippen molar-refractivity contribution in [3.63, 3.8) is 0 Å². The van der Waals surface area contributed by atoms with Gasteiger partial charge in [0.05, 0.1) is 6.10 Å². The van der Waals surface area contributed by atoms with Crippen molar-refractivity contribution >= 4 is 5.91 Å². The molecule has 0 aromatic heterocycles. The number of primary amides is 1. The van der Waals surface area contributed by atoms with E-state index in [1.807, 2.05) is 19.9 Å². The van der Waals surface area contributed by atoms with Crippen LogP contribution in [0.15, 0.2) is 18.2 Å². The Morgan fingerprint density at radius 1 is 1.53 bits per heavy atom. The molecule has 0 aliphatic heterocycles. The molecule has 0 aliphatic carbocycles. The second-order valence-corrected chi connectivity index (χ2v) is 4.12. The predicted octanol–water partition coefficient (Wildman–Crippen LogP) is 1.69. The number of nitrogens with two attached hydrogens (primary N) is 1. The Morgan fingerprint density at radius 2 is 2.18 bits per heavy atom. The van der Waals surface area contributed by atoms with Crippen LogP contribution in [0.5, 0.6) is 5.75 Å². The molecule has 3 N–H and O–H groups in total. The lowest BCUT2D eigenvalue weighted by Gasteiger charge is -2.17. The van der Waals surface area contributed by atoms with Gasteiger partial charge >= 0.3 is 0 Å². The van der Waals surface area contributed by atoms with Gasteiger partial charge in [0.15, 0.2) is 6.10 Å². The topological polar surface area (TPSA) is 72.6 Å². The van der Waals surface area contributed by atoms with Crippen LogP contribution in [0.3, 0.4) is 0 Å². The largest absolute Gasteiger partial charge is 0.480 e. The van der Waals surface area contributed by atoms with E-state index in [1.165, 1.54) is 0 Å². The number of aliphatic hydroxyl groups excluding tert-OH is 1. The molecule has 2 unspecified atom stereocenters. The fourth-order valence-corrected chi connectivity index (χ4v) is 1.56. The van der Waals surface area contributed by atoms with Gasteiger partial charge in [-0.25, -0.2) is 0 Å². The first-order chi connectivity index (χ1) is 7.95. The first-order valence-electron chi connectivity index (χ1n) is 5.70. The number of rotatable bonds is 5. The Hall–Kier alpha value is -1.55. The lowest BCUT2D eigenvalue weighted by molar-refractivity contribution is -0.124. The summed E-state index contributed by atoms with van der Waals surface area (Å²) < 4.78 is 5.53. The average Bonchev–Trinajstić information content (AvgIpc) is 2.26. The lowest BCUT2D eigenvalue weighted by Crippen LogP contribution is -2.33. The molecule has 0 aliphatic rings. The van der Waals surface area contributed by atoms with E-state index in [4.69, 9.17) is 10.5 Å². The number of ether oxygens (including phenoxy) is 1. The summed E-state index contributed by atoms with van der Waals surface area (Å²) in [5.41, 5.74) is 6.92. The summed E-state index contributed by atoms with van der Waals surface area (Å²) in [4.78, 5) is 11.1. The molecule has 0 saturated carbocycles. The second kappa shape index (κ2) is 5.68. The molecule has 1 amide bonds. The Bertz CT molecular complexity index is 402. The van der Waals surface area contributed by atoms with Gasteiger partial charge in [0.25, 0.3) is 5.91 Å². The summed E-state index contributed by atoms with van der Waals surface area (Å²) in [5, 5.41) is 9.44. The molecule has 4 nitrogen and oxygen atoms in total. The SMILES string of the molecule is CCC(Oc1ccc(C(C)O)cc1C)C(N)=O. The van der Waals surface area contributed by atoms with Gasteiger partial charge < -0.3 is 15.6 Å². The average molecular weight is 237 g/mol. The minimum absolute atomic E-state index is 0.466. The van der Waals surface area contributed by atoms with Crippen molar-refractivity contribution in [2.75, 3.05) is 0 Å². The zero-order valence-corrected chi connectivity index (χ0v) is 10.4. The maximum Gasteiger partial charge on any atom is 0.258 e. The Kier molecular flexibility index (Phi) is 4.52. The highest BCUT2D eigenvalue weighted by Gasteiger charge is 2.16. The molecule has 1 aromatic rings. The molecule has 0 saturated heterocycles. The van der Waals surface area contributed by atoms with Crippen molar-refractivity contribution in [1.82, 2.24) is 0 Å². The van der Waals surface area contributed by atoms with Crippen molar-refractivity contribution in [3.05, 3.63) is 29.3 Å². The van der Waals surface area contributed by atoms with E-state index in [-0.39, 0.29) is 0 Å². The number of hydrogen-bond acceptors (Lipinski definition) is 3. The van der Waals surface area contributed by atoms with Gasteiger partial charge in [0, 0.05) is 0 Å². The number of carbonyl (C=O) groups is 1. The molecule has 4 heteroatoms. The normalized spacial score (nSPS) is 14.1. The first kappa shape index (κ1) is 13.5. The van der Waals surface area contributed by atoms with Crippen LogP contribution >= 0.6 is 0 Å². The van der Waals surface area contributed by atoms with Gasteiger partial charge in [-0.2, -0.15) is 0 Å². The van der Waals surface area contributed by atoms with E-state index in [2.05, 4.69) is 0 Å².